The lowest BCUT2D eigenvalue weighted by Gasteiger charge is -2.05. The zero-order valence-corrected chi connectivity index (χ0v) is 10.9. The van der Waals surface area contributed by atoms with Crippen LogP contribution in [0.25, 0.3) is 10.9 Å². The molecule has 0 amide bonds. The lowest BCUT2D eigenvalue weighted by molar-refractivity contribution is 0.599. The number of fused-ring (bicyclic) bond motifs is 1. The third-order valence-electron chi connectivity index (χ3n) is 3.06. The minimum atomic E-state index is 0.650. The molecular weight excluding hydrogens is 210 g/mol. The van der Waals surface area contributed by atoms with E-state index in [-0.39, 0.29) is 0 Å². The van der Waals surface area contributed by atoms with Gasteiger partial charge >= 0.3 is 0 Å². The van der Waals surface area contributed by atoms with E-state index in [2.05, 4.69) is 37.1 Å². The number of rotatable bonds is 4. The highest BCUT2D eigenvalue weighted by molar-refractivity contribution is 5.82. The Bertz CT molecular complexity index is 511. The largest absolute Gasteiger partial charge is 0.330 e. The molecule has 0 fully saturated rings. The zero-order chi connectivity index (χ0) is 12.4. The minimum absolute atomic E-state index is 0.650. The van der Waals surface area contributed by atoms with Crippen LogP contribution in [0.2, 0.25) is 0 Å². The van der Waals surface area contributed by atoms with E-state index in [0.29, 0.717) is 12.5 Å². The molecule has 3 nitrogen and oxygen atoms in total. The van der Waals surface area contributed by atoms with Gasteiger partial charge in [0.1, 0.15) is 0 Å². The van der Waals surface area contributed by atoms with Crippen molar-refractivity contribution in [2.45, 2.75) is 26.7 Å². The topological polar surface area (TPSA) is 43.8 Å². The van der Waals surface area contributed by atoms with Crippen molar-refractivity contribution in [1.82, 2.24) is 9.78 Å². The van der Waals surface area contributed by atoms with Crippen LogP contribution in [0, 0.1) is 5.92 Å². The van der Waals surface area contributed by atoms with Crippen molar-refractivity contribution >= 4 is 10.9 Å². The van der Waals surface area contributed by atoms with Crippen LogP contribution >= 0.6 is 0 Å². The third-order valence-corrected chi connectivity index (χ3v) is 3.06. The lowest BCUT2D eigenvalue weighted by atomic mass is 10.0. The Morgan fingerprint density at radius 1 is 1.35 bits per heavy atom. The highest BCUT2D eigenvalue weighted by Crippen LogP contribution is 2.21. The molecule has 0 bridgehead atoms. The minimum Gasteiger partial charge on any atom is -0.330 e. The molecule has 1 aromatic carbocycles. The average molecular weight is 231 g/mol. The van der Waals surface area contributed by atoms with Gasteiger partial charge in [-0.15, -0.1) is 0 Å². The van der Waals surface area contributed by atoms with E-state index in [1.165, 1.54) is 16.6 Å². The average Bonchev–Trinajstić information content (AvgIpc) is 2.55. The van der Waals surface area contributed by atoms with Crippen LogP contribution in [0.15, 0.2) is 18.2 Å². The molecule has 0 saturated heterocycles. The highest BCUT2D eigenvalue weighted by Gasteiger charge is 2.10. The maximum Gasteiger partial charge on any atom is 0.0928 e. The summed E-state index contributed by atoms with van der Waals surface area (Å²) in [6.45, 7) is 5.17. The van der Waals surface area contributed by atoms with Crippen LogP contribution in [0.3, 0.4) is 0 Å². The molecular formula is C14H21N3. The fraction of sp³-hybridized carbons (Fsp3) is 0.500. The van der Waals surface area contributed by atoms with Crippen LogP contribution in [0.1, 0.15) is 25.1 Å². The Morgan fingerprint density at radius 2 is 2.12 bits per heavy atom. The van der Waals surface area contributed by atoms with Crippen LogP contribution in [-0.2, 0) is 19.9 Å². The number of hydrogen-bond acceptors (Lipinski definition) is 2. The maximum absolute atomic E-state index is 5.58. The molecule has 0 radical (unpaired) electrons. The number of nitrogens with zero attached hydrogens (tertiary/aromatic N) is 2. The van der Waals surface area contributed by atoms with Crippen molar-refractivity contribution < 1.29 is 0 Å². The van der Waals surface area contributed by atoms with Crippen LogP contribution in [-0.4, -0.2) is 16.3 Å². The Balaban J connectivity index is 2.45. The van der Waals surface area contributed by atoms with E-state index >= 15 is 0 Å². The summed E-state index contributed by atoms with van der Waals surface area (Å²) in [6, 6.07) is 6.51. The van der Waals surface area contributed by atoms with Gasteiger partial charge in [-0.1, -0.05) is 26.0 Å². The Labute approximate surface area is 103 Å². The van der Waals surface area contributed by atoms with Crippen molar-refractivity contribution in [3.8, 4) is 0 Å². The van der Waals surface area contributed by atoms with Crippen LogP contribution in [0.4, 0.5) is 0 Å². The second-order valence-corrected chi connectivity index (χ2v) is 5.06. The molecule has 0 aliphatic carbocycles. The molecule has 92 valence electrons. The van der Waals surface area contributed by atoms with Gasteiger partial charge in [0.2, 0.25) is 0 Å². The van der Waals surface area contributed by atoms with Gasteiger partial charge in [0.05, 0.1) is 5.52 Å². The first kappa shape index (κ1) is 12.1. The fourth-order valence-corrected chi connectivity index (χ4v) is 2.25. The molecule has 2 aromatic rings. The van der Waals surface area contributed by atoms with Gasteiger partial charge in [-0.25, -0.2) is 0 Å². The molecule has 0 atom stereocenters. The summed E-state index contributed by atoms with van der Waals surface area (Å²) in [5.41, 5.74) is 9.27. The second-order valence-electron chi connectivity index (χ2n) is 5.06. The second kappa shape index (κ2) is 4.88. The van der Waals surface area contributed by atoms with E-state index < -0.39 is 0 Å². The Morgan fingerprint density at radius 3 is 2.76 bits per heavy atom. The molecule has 0 unspecified atom stereocenters. The van der Waals surface area contributed by atoms with E-state index in [1.54, 1.807) is 0 Å². The first-order chi connectivity index (χ1) is 8.11. The summed E-state index contributed by atoms with van der Waals surface area (Å²) in [4.78, 5) is 0. The summed E-state index contributed by atoms with van der Waals surface area (Å²) in [6.07, 6.45) is 2.00. The normalized spacial score (nSPS) is 11.6. The molecule has 2 rings (SSSR count). The van der Waals surface area contributed by atoms with Crippen molar-refractivity contribution in [2.24, 2.45) is 18.7 Å². The third kappa shape index (κ3) is 2.50. The van der Waals surface area contributed by atoms with Gasteiger partial charge in [0.25, 0.3) is 0 Å². The van der Waals surface area contributed by atoms with Crippen molar-refractivity contribution in [1.29, 1.82) is 0 Å². The molecule has 0 saturated carbocycles. The standard InChI is InChI=1S/C14H21N3/c1-10(2)8-14-12-5-4-11(6-7-15)9-13(12)16-17(14)3/h4-5,9-10H,6-8,15H2,1-3H3. The van der Waals surface area contributed by atoms with E-state index in [1.807, 2.05) is 11.7 Å². The number of hydrogen-bond donors (Lipinski definition) is 1. The monoisotopic (exact) mass is 231 g/mol. The summed E-state index contributed by atoms with van der Waals surface area (Å²) in [7, 11) is 2.03. The number of aromatic nitrogens is 2. The Kier molecular flexibility index (Phi) is 3.48. The highest BCUT2D eigenvalue weighted by atomic mass is 15.3. The summed E-state index contributed by atoms with van der Waals surface area (Å²) in [5, 5.41) is 5.86. The van der Waals surface area contributed by atoms with Gasteiger partial charge in [-0.05, 0) is 36.9 Å². The first-order valence-corrected chi connectivity index (χ1v) is 6.26. The van der Waals surface area contributed by atoms with Gasteiger partial charge in [0.15, 0.2) is 0 Å². The fourth-order valence-electron chi connectivity index (χ4n) is 2.25. The molecule has 0 spiro atoms. The Hall–Kier alpha value is -1.35. The quantitative estimate of drug-likeness (QED) is 0.877. The number of benzene rings is 1. The van der Waals surface area contributed by atoms with Gasteiger partial charge in [-0.2, -0.15) is 5.10 Å². The molecule has 2 N–H and O–H groups in total. The lowest BCUT2D eigenvalue weighted by Crippen LogP contribution is -2.02. The zero-order valence-electron chi connectivity index (χ0n) is 10.9. The summed E-state index contributed by atoms with van der Waals surface area (Å²) in [5.74, 6) is 0.650. The molecule has 1 aromatic heterocycles. The molecule has 1 heterocycles. The van der Waals surface area contributed by atoms with Gasteiger partial charge in [-0.3, -0.25) is 4.68 Å². The molecule has 17 heavy (non-hydrogen) atoms. The molecule has 0 aliphatic rings. The van der Waals surface area contributed by atoms with Crippen LogP contribution < -0.4 is 5.73 Å². The van der Waals surface area contributed by atoms with Crippen LogP contribution in [0.5, 0.6) is 0 Å². The SMILES string of the molecule is CC(C)Cc1c2ccc(CCN)cc2nn1C. The van der Waals surface area contributed by atoms with Crippen molar-refractivity contribution in [3.63, 3.8) is 0 Å². The number of nitrogens with two attached hydrogens (primary N) is 1. The first-order valence-electron chi connectivity index (χ1n) is 6.26. The maximum atomic E-state index is 5.58. The van der Waals surface area contributed by atoms with Gasteiger partial charge in [0, 0.05) is 18.1 Å². The summed E-state index contributed by atoms with van der Waals surface area (Å²) >= 11 is 0. The smallest absolute Gasteiger partial charge is 0.0928 e. The van der Waals surface area contributed by atoms with E-state index in [0.717, 1.165) is 18.4 Å². The van der Waals surface area contributed by atoms with Gasteiger partial charge < -0.3 is 5.73 Å². The molecule has 3 heteroatoms. The summed E-state index contributed by atoms with van der Waals surface area (Å²) < 4.78 is 2.01. The van der Waals surface area contributed by atoms with E-state index in [9.17, 15) is 0 Å². The number of aryl methyl sites for hydroxylation is 1. The van der Waals surface area contributed by atoms with Crippen molar-refractivity contribution in [3.05, 3.63) is 29.5 Å². The predicted molar refractivity (Wildman–Crippen MR) is 72.0 cm³/mol. The predicted octanol–water partition coefficient (Wildman–Crippen LogP) is 2.27. The molecule has 0 aliphatic heterocycles. The van der Waals surface area contributed by atoms with Crippen molar-refractivity contribution in [2.75, 3.05) is 6.54 Å². The van der Waals surface area contributed by atoms with E-state index in [4.69, 9.17) is 5.73 Å².